The molecule has 1 aliphatic rings. The second kappa shape index (κ2) is 10.9. The highest BCUT2D eigenvalue weighted by Crippen LogP contribution is 2.37. The minimum Gasteiger partial charge on any atom is -0.478 e. The number of nitrogens with zero attached hydrogens (tertiary/aromatic N) is 3. The van der Waals surface area contributed by atoms with Crippen LogP contribution in [0.15, 0.2) is 71.1 Å². The van der Waals surface area contributed by atoms with Gasteiger partial charge >= 0.3 is 5.97 Å². The molecule has 3 N–H and O–H groups in total. The zero-order chi connectivity index (χ0) is 29.4. The number of aromatic amines is 1. The highest BCUT2D eigenvalue weighted by atomic mass is 16.4. The number of fused-ring (bicyclic) bond motifs is 1. The van der Waals surface area contributed by atoms with E-state index < -0.39 is 5.97 Å². The first-order valence-corrected chi connectivity index (χ1v) is 13.7. The van der Waals surface area contributed by atoms with E-state index in [1.54, 1.807) is 36.4 Å². The molecule has 3 aromatic carbocycles. The first-order valence-electron chi connectivity index (χ1n) is 13.7. The Labute approximate surface area is 242 Å². The number of carboxylic acids is 1. The summed E-state index contributed by atoms with van der Waals surface area (Å²) in [4.78, 5) is 24.7. The van der Waals surface area contributed by atoms with E-state index in [0.717, 1.165) is 39.1 Å². The molecule has 1 atom stereocenters. The molecule has 0 bridgehead atoms. The Morgan fingerprint density at radius 2 is 1.74 bits per heavy atom. The summed E-state index contributed by atoms with van der Waals surface area (Å²) in [6.45, 7) is 6.25. The van der Waals surface area contributed by atoms with Crippen molar-refractivity contribution in [2.24, 2.45) is 0 Å². The van der Waals surface area contributed by atoms with Crippen LogP contribution in [0.3, 0.4) is 0 Å². The Kier molecular flexibility index (Phi) is 7.00. The summed E-state index contributed by atoms with van der Waals surface area (Å²) in [7, 11) is 0. The number of aromatic nitrogens is 4. The smallest absolute Gasteiger partial charge is 0.335 e. The van der Waals surface area contributed by atoms with Gasteiger partial charge in [0, 0.05) is 22.8 Å². The van der Waals surface area contributed by atoms with Crippen LogP contribution in [0.2, 0.25) is 0 Å². The minimum atomic E-state index is -1.01. The van der Waals surface area contributed by atoms with Gasteiger partial charge < -0.3 is 14.8 Å². The number of benzene rings is 3. The van der Waals surface area contributed by atoms with Crippen LogP contribution in [0.25, 0.3) is 34.7 Å². The number of nitrogens with one attached hydrogen (secondary N) is 2. The largest absolute Gasteiger partial charge is 0.478 e. The summed E-state index contributed by atoms with van der Waals surface area (Å²) in [5.41, 5.74) is 7.79. The number of aryl methyl sites for hydroxylation is 1. The number of aromatic carboxylic acids is 1. The number of carbonyl (C=O) groups is 2. The van der Waals surface area contributed by atoms with Gasteiger partial charge in [-0.25, -0.2) is 4.79 Å². The fourth-order valence-corrected chi connectivity index (χ4v) is 5.34. The zero-order valence-corrected chi connectivity index (χ0v) is 23.4. The van der Waals surface area contributed by atoms with Crippen LogP contribution in [0.4, 0.5) is 0 Å². The second-order valence-corrected chi connectivity index (χ2v) is 10.7. The van der Waals surface area contributed by atoms with Crippen molar-refractivity contribution in [1.82, 2.24) is 25.7 Å². The summed E-state index contributed by atoms with van der Waals surface area (Å²) in [6.07, 6.45) is 4.04. The maximum Gasteiger partial charge on any atom is 0.335 e. The third kappa shape index (κ3) is 5.12. The predicted molar refractivity (Wildman–Crippen MR) is 159 cm³/mol. The molecule has 3 heterocycles. The molecule has 0 spiro atoms. The second-order valence-electron chi connectivity index (χ2n) is 10.7. The number of carboxylic acid groups (broad SMARTS) is 1. The molecule has 6 rings (SSSR count). The van der Waals surface area contributed by atoms with E-state index in [9.17, 15) is 14.7 Å². The van der Waals surface area contributed by atoms with Gasteiger partial charge in [0.1, 0.15) is 0 Å². The third-order valence-electron chi connectivity index (χ3n) is 7.51. The first kappa shape index (κ1) is 26.9. The van der Waals surface area contributed by atoms with Crippen LogP contribution in [0, 0.1) is 6.92 Å². The van der Waals surface area contributed by atoms with Crippen molar-refractivity contribution in [2.45, 2.75) is 39.2 Å². The van der Waals surface area contributed by atoms with Crippen LogP contribution < -0.4 is 5.32 Å². The lowest BCUT2D eigenvalue weighted by Gasteiger charge is -2.28. The van der Waals surface area contributed by atoms with Crippen LogP contribution in [-0.4, -0.2) is 37.4 Å². The van der Waals surface area contributed by atoms with Gasteiger partial charge in [-0.3, -0.25) is 9.89 Å². The van der Waals surface area contributed by atoms with E-state index in [2.05, 4.69) is 45.6 Å². The zero-order valence-electron chi connectivity index (χ0n) is 23.4. The highest BCUT2D eigenvalue weighted by Gasteiger charge is 2.31. The normalized spacial score (nSPS) is 14.8. The Bertz CT molecular complexity index is 1810. The van der Waals surface area contributed by atoms with Crippen molar-refractivity contribution in [1.29, 1.82) is 0 Å². The highest BCUT2D eigenvalue weighted by molar-refractivity contribution is 5.98. The molecule has 0 saturated carbocycles. The molecular formula is C33H29N5O4. The van der Waals surface area contributed by atoms with E-state index in [4.69, 9.17) is 4.42 Å². The first-order chi connectivity index (χ1) is 20.3. The van der Waals surface area contributed by atoms with Crippen LogP contribution >= 0.6 is 0 Å². The molecule has 1 unspecified atom stereocenters. The van der Waals surface area contributed by atoms with E-state index in [1.807, 2.05) is 43.3 Å². The lowest BCUT2D eigenvalue weighted by atomic mass is 9.84. The molecule has 0 radical (unpaired) electrons. The van der Waals surface area contributed by atoms with Crippen molar-refractivity contribution < 1.29 is 19.1 Å². The number of rotatable bonds is 7. The lowest BCUT2D eigenvalue weighted by molar-refractivity contribution is 0.0696. The van der Waals surface area contributed by atoms with Crippen molar-refractivity contribution in [3.05, 3.63) is 112 Å². The molecule has 42 heavy (non-hydrogen) atoms. The maximum atomic E-state index is 13.2. The van der Waals surface area contributed by atoms with E-state index in [-0.39, 0.29) is 23.4 Å². The van der Waals surface area contributed by atoms with E-state index in [1.165, 1.54) is 0 Å². The van der Waals surface area contributed by atoms with E-state index >= 15 is 0 Å². The molecule has 2 aromatic heterocycles. The number of amides is 1. The Morgan fingerprint density at radius 1 is 1.00 bits per heavy atom. The molecule has 0 fully saturated rings. The number of H-pyrrole nitrogens is 1. The van der Waals surface area contributed by atoms with Gasteiger partial charge in [-0.05, 0) is 72.4 Å². The molecule has 1 aliphatic heterocycles. The fourth-order valence-electron chi connectivity index (χ4n) is 5.34. The Hall–Kier alpha value is -5.31. The molecule has 210 valence electrons. The van der Waals surface area contributed by atoms with Crippen LogP contribution in [0.1, 0.15) is 80.5 Å². The fraction of sp³-hybridized carbons (Fsp3) is 0.182. The summed E-state index contributed by atoms with van der Waals surface area (Å²) in [5.74, 6) is -0.173. The molecule has 1 amide bonds. The predicted octanol–water partition coefficient (Wildman–Crippen LogP) is 6.45. The quantitative estimate of drug-likeness (QED) is 0.208. The molecule has 9 heteroatoms. The SMILES string of the molecule is Cc1ccc(-c2nnc(/C=C/c3n[nH]c(C4Cc5c(cccc5C(C)C)C(=O)N4)c3-c3ccc(C(=O)O)cc3)o2)cc1. The summed E-state index contributed by atoms with van der Waals surface area (Å²) in [5, 5.41) is 28.6. The van der Waals surface area contributed by atoms with Crippen molar-refractivity contribution in [3.63, 3.8) is 0 Å². The van der Waals surface area contributed by atoms with Gasteiger partial charge in [0.2, 0.25) is 11.8 Å². The van der Waals surface area contributed by atoms with Gasteiger partial charge in [0.25, 0.3) is 5.91 Å². The molecule has 5 aromatic rings. The number of hydrogen-bond donors (Lipinski definition) is 3. The van der Waals surface area contributed by atoms with Crippen LogP contribution in [-0.2, 0) is 6.42 Å². The van der Waals surface area contributed by atoms with Crippen molar-refractivity contribution >= 4 is 24.0 Å². The topological polar surface area (TPSA) is 134 Å². The Balaban J connectivity index is 1.39. The molecular weight excluding hydrogens is 530 g/mol. The average molecular weight is 560 g/mol. The van der Waals surface area contributed by atoms with Crippen LogP contribution in [0.5, 0.6) is 0 Å². The van der Waals surface area contributed by atoms with Gasteiger partial charge in [0.05, 0.1) is 23.0 Å². The molecule has 0 saturated heterocycles. The van der Waals surface area contributed by atoms with Crippen molar-refractivity contribution in [2.75, 3.05) is 0 Å². The van der Waals surface area contributed by atoms with E-state index in [0.29, 0.717) is 29.5 Å². The summed E-state index contributed by atoms with van der Waals surface area (Å²) in [6, 6.07) is 19.9. The standard InChI is InChI=1S/C33H29N5O4/c1-18(2)23-5-4-6-24-25(23)17-27(34-31(24)39)30-29(20-11-13-22(14-12-20)33(40)41)26(35-37-30)15-16-28-36-38-32(42-28)21-9-7-19(3)8-10-21/h4-16,18,27H,17H2,1-3H3,(H,34,39)(H,35,37)(H,40,41)/b16-15+. The maximum absolute atomic E-state index is 13.2. The Morgan fingerprint density at radius 3 is 2.45 bits per heavy atom. The van der Waals surface area contributed by atoms with Gasteiger partial charge in [-0.15, -0.1) is 10.2 Å². The van der Waals surface area contributed by atoms with Gasteiger partial charge in [-0.2, -0.15) is 5.10 Å². The number of carbonyl (C=O) groups excluding carboxylic acids is 1. The van der Waals surface area contributed by atoms with Gasteiger partial charge in [0.15, 0.2) is 0 Å². The lowest BCUT2D eigenvalue weighted by Crippen LogP contribution is -2.36. The molecule has 0 aliphatic carbocycles. The third-order valence-corrected chi connectivity index (χ3v) is 7.51. The molecule has 9 nitrogen and oxygen atoms in total. The minimum absolute atomic E-state index is 0.142. The van der Waals surface area contributed by atoms with Gasteiger partial charge in [-0.1, -0.05) is 55.8 Å². The monoisotopic (exact) mass is 559 g/mol. The summed E-state index contributed by atoms with van der Waals surface area (Å²) < 4.78 is 5.86. The van der Waals surface area contributed by atoms with Crippen molar-refractivity contribution in [3.8, 4) is 22.6 Å². The number of hydrogen-bond acceptors (Lipinski definition) is 6. The summed E-state index contributed by atoms with van der Waals surface area (Å²) >= 11 is 0. The average Bonchev–Trinajstić information content (AvgIpc) is 3.63.